The predicted molar refractivity (Wildman–Crippen MR) is 114 cm³/mol. The van der Waals surface area contributed by atoms with Crippen molar-refractivity contribution in [3.63, 3.8) is 0 Å². The first-order valence-corrected chi connectivity index (χ1v) is 9.66. The first kappa shape index (κ1) is 21.2. The molecule has 7 nitrogen and oxygen atoms in total. The lowest BCUT2D eigenvalue weighted by Crippen LogP contribution is -2.16. The van der Waals surface area contributed by atoms with Crippen LogP contribution in [0.3, 0.4) is 0 Å². The minimum Gasteiger partial charge on any atom is -0.493 e. The number of aromatic nitrogens is 2. The topological polar surface area (TPSA) is 89.2 Å². The van der Waals surface area contributed by atoms with Gasteiger partial charge in [0, 0.05) is 16.7 Å². The number of nitriles is 1. The number of methoxy groups -OCH3 is 1. The molecule has 0 aliphatic heterocycles. The van der Waals surface area contributed by atoms with Crippen LogP contribution in [0, 0.1) is 18.3 Å². The Morgan fingerprint density at radius 1 is 1.20 bits per heavy atom. The molecule has 0 fully saturated rings. The molecule has 0 aliphatic rings. The van der Waals surface area contributed by atoms with Crippen molar-refractivity contribution in [3.8, 4) is 17.6 Å². The number of carbonyl (C=O) groups is 1. The molecule has 3 rings (SSSR count). The highest BCUT2D eigenvalue weighted by Crippen LogP contribution is 2.29. The van der Waals surface area contributed by atoms with Gasteiger partial charge >= 0.3 is 0 Å². The van der Waals surface area contributed by atoms with Gasteiger partial charge in [-0.25, -0.2) is 4.68 Å². The molecule has 0 bridgehead atoms. The van der Waals surface area contributed by atoms with E-state index < -0.39 is 0 Å². The number of nitrogens with zero attached hydrogens (tertiary/aromatic N) is 3. The van der Waals surface area contributed by atoms with E-state index in [0.717, 1.165) is 11.3 Å². The zero-order chi connectivity index (χ0) is 21.5. The van der Waals surface area contributed by atoms with Gasteiger partial charge in [0.1, 0.15) is 12.4 Å². The predicted octanol–water partition coefficient (Wildman–Crippen LogP) is 4.60. The number of benzene rings is 2. The second kappa shape index (κ2) is 9.81. The van der Waals surface area contributed by atoms with E-state index in [1.54, 1.807) is 41.1 Å². The third kappa shape index (κ3) is 5.31. The molecule has 1 amide bonds. The molecule has 1 heterocycles. The van der Waals surface area contributed by atoms with Crippen LogP contribution in [0.25, 0.3) is 0 Å². The van der Waals surface area contributed by atoms with Crippen LogP contribution in [0.1, 0.15) is 28.0 Å². The fourth-order valence-corrected chi connectivity index (χ4v) is 2.96. The molecule has 0 saturated carbocycles. The molecule has 0 aliphatic carbocycles. The number of ether oxygens (including phenoxy) is 2. The summed E-state index contributed by atoms with van der Waals surface area (Å²) < 4.78 is 12.8. The lowest BCUT2D eigenvalue weighted by atomic mass is 10.2. The number of aryl methyl sites for hydroxylation is 2. The minimum absolute atomic E-state index is 0.303. The summed E-state index contributed by atoms with van der Waals surface area (Å²) in [6, 6.07) is 16.2. The number of amides is 1. The first-order chi connectivity index (χ1) is 14.5. The van der Waals surface area contributed by atoms with Gasteiger partial charge in [-0.2, -0.15) is 10.4 Å². The van der Waals surface area contributed by atoms with Crippen LogP contribution in [0.5, 0.6) is 11.5 Å². The fourth-order valence-electron chi connectivity index (χ4n) is 2.83. The summed E-state index contributed by atoms with van der Waals surface area (Å²) in [6.45, 7) is 2.57. The molecule has 1 N–H and O–H groups in total. The Balaban J connectivity index is 1.71. The van der Waals surface area contributed by atoms with Crippen molar-refractivity contribution in [1.29, 1.82) is 5.26 Å². The summed E-state index contributed by atoms with van der Waals surface area (Å²) in [4.78, 5) is 12.7. The number of halogens is 1. The Bertz CT molecular complexity index is 1070. The second-order valence-corrected chi connectivity index (χ2v) is 6.97. The van der Waals surface area contributed by atoms with Gasteiger partial charge in [-0.15, -0.1) is 0 Å². The number of anilines is 1. The Kier molecular flexibility index (Phi) is 6.94. The number of nitrogens with one attached hydrogen (secondary N) is 1. The molecule has 0 radical (unpaired) electrons. The minimum atomic E-state index is -0.310. The molecule has 0 atom stereocenters. The van der Waals surface area contributed by atoms with Crippen LogP contribution in [-0.4, -0.2) is 22.8 Å². The fraction of sp³-hybridized carbons (Fsp3) is 0.227. The van der Waals surface area contributed by atoms with E-state index in [1.807, 2.05) is 19.1 Å². The van der Waals surface area contributed by atoms with E-state index >= 15 is 0 Å². The largest absolute Gasteiger partial charge is 0.493 e. The number of hydrogen-bond acceptors (Lipinski definition) is 5. The highest BCUT2D eigenvalue weighted by atomic mass is 35.5. The monoisotopic (exact) mass is 424 g/mol. The van der Waals surface area contributed by atoms with Gasteiger partial charge in [0.25, 0.3) is 5.91 Å². The van der Waals surface area contributed by atoms with Crippen molar-refractivity contribution in [3.05, 3.63) is 70.4 Å². The number of hydrogen-bond donors (Lipinski definition) is 1. The maximum Gasteiger partial charge on any atom is 0.256 e. The van der Waals surface area contributed by atoms with Crippen LogP contribution in [0.2, 0.25) is 5.02 Å². The molecule has 30 heavy (non-hydrogen) atoms. The van der Waals surface area contributed by atoms with E-state index in [1.165, 1.54) is 7.11 Å². The van der Waals surface area contributed by atoms with Gasteiger partial charge in [0.15, 0.2) is 11.5 Å². The molecular formula is C22H21ClN4O3. The van der Waals surface area contributed by atoms with Crippen molar-refractivity contribution in [1.82, 2.24) is 9.78 Å². The summed E-state index contributed by atoms with van der Waals surface area (Å²) in [7, 11) is 1.52. The highest BCUT2D eigenvalue weighted by Gasteiger charge is 2.14. The molecule has 0 saturated heterocycles. The average Bonchev–Trinajstić information content (AvgIpc) is 3.10. The van der Waals surface area contributed by atoms with Gasteiger partial charge in [-0.3, -0.25) is 4.79 Å². The third-order valence-corrected chi connectivity index (χ3v) is 4.56. The molecule has 8 heteroatoms. The standard InChI is InChI=1S/C22H21ClN4O3/c1-15-12-21(27(26-15)11-3-10-24)25-22(28)17-6-9-19(20(13-17)29-2)30-14-16-4-7-18(23)8-5-16/h4-9,12-13H,3,11,14H2,1-2H3,(H,25,28). The van der Waals surface area contributed by atoms with Crippen molar-refractivity contribution < 1.29 is 14.3 Å². The number of rotatable bonds is 8. The summed E-state index contributed by atoms with van der Waals surface area (Å²) in [5.41, 5.74) is 2.13. The molecule has 0 spiro atoms. The molecule has 154 valence electrons. The average molecular weight is 425 g/mol. The van der Waals surface area contributed by atoms with Crippen LogP contribution in [-0.2, 0) is 13.2 Å². The van der Waals surface area contributed by atoms with Gasteiger partial charge in [0.2, 0.25) is 0 Å². The lowest BCUT2D eigenvalue weighted by molar-refractivity contribution is 0.102. The van der Waals surface area contributed by atoms with E-state index in [4.69, 9.17) is 26.3 Å². The van der Waals surface area contributed by atoms with Gasteiger partial charge in [-0.05, 0) is 42.8 Å². The summed E-state index contributed by atoms with van der Waals surface area (Å²) in [6.07, 6.45) is 0.303. The molecular weight excluding hydrogens is 404 g/mol. The zero-order valence-corrected chi connectivity index (χ0v) is 17.4. The normalized spacial score (nSPS) is 10.3. The Morgan fingerprint density at radius 2 is 1.97 bits per heavy atom. The molecule has 3 aromatic rings. The third-order valence-electron chi connectivity index (χ3n) is 4.31. The smallest absolute Gasteiger partial charge is 0.256 e. The van der Waals surface area contributed by atoms with Crippen LogP contribution in [0.4, 0.5) is 5.82 Å². The SMILES string of the molecule is COc1cc(C(=O)Nc2cc(C)nn2CCC#N)ccc1OCc1ccc(Cl)cc1. The Morgan fingerprint density at radius 3 is 2.67 bits per heavy atom. The molecule has 2 aromatic carbocycles. The van der Waals surface area contributed by atoms with E-state index in [2.05, 4.69) is 16.5 Å². The Labute approximate surface area is 179 Å². The van der Waals surface area contributed by atoms with E-state index in [-0.39, 0.29) is 5.91 Å². The molecule has 0 unspecified atom stereocenters. The highest BCUT2D eigenvalue weighted by molar-refractivity contribution is 6.30. The quantitative estimate of drug-likeness (QED) is 0.570. The van der Waals surface area contributed by atoms with Crippen LogP contribution in [0.15, 0.2) is 48.5 Å². The number of carbonyl (C=O) groups excluding carboxylic acids is 1. The maximum atomic E-state index is 12.7. The van der Waals surface area contributed by atoms with Crippen LogP contribution >= 0.6 is 11.6 Å². The van der Waals surface area contributed by atoms with Gasteiger partial charge in [-0.1, -0.05) is 23.7 Å². The van der Waals surface area contributed by atoms with Crippen LogP contribution < -0.4 is 14.8 Å². The Hall–Kier alpha value is -3.50. The van der Waals surface area contributed by atoms with Crippen molar-refractivity contribution >= 4 is 23.3 Å². The maximum absolute atomic E-state index is 12.7. The summed E-state index contributed by atoms with van der Waals surface area (Å²) >= 11 is 5.90. The first-order valence-electron chi connectivity index (χ1n) is 9.28. The van der Waals surface area contributed by atoms with Crippen molar-refractivity contribution in [2.24, 2.45) is 0 Å². The van der Waals surface area contributed by atoms with Gasteiger partial charge < -0.3 is 14.8 Å². The van der Waals surface area contributed by atoms with Crippen molar-refractivity contribution in [2.45, 2.75) is 26.5 Å². The van der Waals surface area contributed by atoms with E-state index in [9.17, 15) is 4.79 Å². The molecule has 1 aromatic heterocycles. The van der Waals surface area contributed by atoms with Crippen molar-refractivity contribution in [2.75, 3.05) is 12.4 Å². The summed E-state index contributed by atoms with van der Waals surface area (Å²) in [5, 5.41) is 16.6. The summed E-state index contributed by atoms with van der Waals surface area (Å²) in [5.74, 6) is 1.20. The zero-order valence-electron chi connectivity index (χ0n) is 16.7. The lowest BCUT2D eigenvalue weighted by Gasteiger charge is -2.13. The second-order valence-electron chi connectivity index (χ2n) is 6.54. The van der Waals surface area contributed by atoms with E-state index in [0.29, 0.717) is 47.5 Å². The van der Waals surface area contributed by atoms with Gasteiger partial charge in [0.05, 0.1) is 31.8 Å².